The molecule has 0 N–H and O–H groups in total. The highest BCUT2D eigenvalue weighted by Gasteiger charge is 2.01. The van der Waals surface area contributed by atoms with E-state index in [-0.39, 0.29) is 5.82 Å². The lowest BCUT2D eigenvalue weighted by Gasteiger charge is -2.06. The van der Waals surface area contributed by atoms with Crippen LogP contribution in [0, 0.1) is 12.7 Å². The fourth-order valence-electron chi connectivity index (χ4n) is 1.28. The molecule has 0 aliphatic rings. The van der Waals surface area contributed by atoms with Crippen molar-refractivity contribution in [3.63, 3.8) is 0 Å². The average molecular weight is 237 g/mol. The molecule has 0 aromatic heterocycles. The molecule has 2 aromatic rings. The molecule has 82 valence electrons. The Morgan fingerprint density at radius 1 is 1.00 bits per heavy atom. The van der Waals surface area contributed by atoms with Gasteiger partial charge < -0.3 is 4.74 Å². The Morgan fingerprint density at radius 2 is 1.62 bits per heavy atom. The molecule has 0 spiro atoms. The first kappa shape index (κ1) is 11.0. The van der Waals surface area contributed by atoms with Gasteiger partial charge in [-0.15, -0.1) is 0 Å². The van der Waals surface area contributed by atoms with Gasteiger partial charge in [-0.3, -0.25) is 0 Å². The van der Waals surface area contributed by atoms with Crippen LogP contribution < -0.4 is 4.74 Å². The highest BCUT2D eigenvalue weighted by molar-refractivity contribution is 6.30. The van der Waals surface area contributed by atoms with Crippen LogP contribution in [0.2, 0.25) is 5.02 Å². The van der Waals surface area contributed by atoms with Crippen molar-refractivity contribution in [1.29, 1.82) is 0 Å². The van der Waals surface area contributed by atoms with Crippen LogP contribution in [0.5, 0.6) is 11.5 Å². The van der Waals surface area contributed by atoms with Gasteiger partial charge in [0.1, 0.15) is 17.3 Å². The molecule has 16 heavy (non-hydrogen) atoms. The third-order valence-corrected chi connectivity index (χ3v) is 2.44. The monoisotopic (exact) mass is 236 g/mol. The summed E-state index contributed by atoms with van der Waals surface area (Å²) in [6.07, 6.45) is 0. The molecular formula is C13H10ClFO. The van der Waals surface area contributed by atoms with Gasteiger partial charge in [0.25, 0.3) is 0 Å². The van der Waals surface area contributed by atoms with Gasteiger partial charge >= 0.3 is 0 Å². The molecule has 0 aliphatic heterocycles. The Balaban J connectivity index is 2.20. The molecule has 1 nitrogen and oxygen atoms in total. The summed E-state index contributed by atoms with van der Waals surface area (Å²) in [5.41, 5.74) is 0.600. The predicted molar refractivity (Wildman–Crippen MR) is 62.7 cm³/mol. The second-order valence-corrected chi connectivity index (χ2v) is 3.90. The average Bonchev–Trinajstić information content (AvgIpc) is 2.27. The van der Waals surface area contributed by atoms with Crippen LogP contribution in [0.3, 0.4) is 0 Å². The number of halogens is 2. The third-order valence-electron chi connectivity index (χ3n) is 2.19. The Hall–Kier alpha value is -1.54. The molecule has 0 unspecified atom stereocenters. The maximum atomic E-state index is 13.2. The third kappa shape index (κ3) is 2.52. The summed E-state index contributed by atoms with van der Waals surface area (Å²) in [4.78, 5) is 0. The van der Waals surface area contributed by atoms with Crippen molar-refractivity contribution >= 4 is 11.6 Å². The van der Waals surface area contributed by atoms with Gasteiger partial charge in [0.2, 0.25) is 0 Å². The summed E-state index contributed by atoms with van der Waals surface area (Å²) < 4.78 is 18.7. The number of benzene rings is 2. The summed E-state index contributed by atoms with van der Waals surface area (Å²) in [6, 6.07) is 11.7. The minimum absolute atomic E-state index is 0.272. The molecule has 0 saturated heterocycles. The molecule has 0 bridgehead atoms. The zero-order valence-corrected chi connectivity index (χ0v) is 9.46. The van der Waals surface area contributed by atoms with Crippen LogP contribution in [0.4, 0.5) is 4.39 Å². The Bertz CT molecular complexity index is 494. The smallest absolute Gasteiger partial charge is 0.130 e. The van der Waals surface area contributed by atoms with Crippen molar-refractivity contribution in [1.82, 2.24) is 0 Å². The summed E-state index contributed by atoms with van der Waals surface area (Å²) in [5.74, 6) is 0.838. The normalized spacial score (nSPS) is 10.2. The van der Waals surface area contributed by atoms with E-state index in [1.807, 2.05) is 0 Å². The van der Waals surface area contributed by atoms with E-state index in [2.05, 4.69) is 0 Å². The molecule has 0 fully saturated rings. The van der Waals surface area contributed by atoms with E-state index in [4.69, 9.17) is 16.3 Å². The van der Waals surface area contributed by atoms with E-state index in [9.17, 15) is 4.39 Å². The van der Waals surface area contributed by atoms with Crippen molar-refractivity contribution in [3.05, 3.63) is 58.9 Å². The predicted octanol–water partition coefficient (Wildman–Crippen LogP) is 4.58. The number of ether oxygens (including phenoxy) is 1. The Labute approximate surface area is 98.4 Å². The first-order valence-electron chi connectivity index (χ1n) is 4.85. The number of aryl methyl sites for hydroxylation is 1. The van der Waals surface area contributed by atoms with E-state index < -0.39 is 0 Å². The molecule has 0 heterocycles. The zero-order chi connectivity index (χ0) is 11.5. The van der Waals surface area contributed by atoms with Gasteiger partial charge in [0, 0.05) is 11.1 Å². The van der Waals surface area contributed by atoms with Gasteiger partial charge in [-0.2, -0.15) is 0 Å². The highest BCUT2D eigenvalue weighted by atomic mass is 35.5. The molecule has 0 saturated carbocycles. The van der Waals surface area contributed by atoms with Crippen LogP contribution in [-0.4, -0.2) is 0 Å². The second kappa shape index (κ2) is 4.54. The van der Waals surface area contributed by atoms with Crippen molar-refractivity contribution < 1.29 is 9.13 Å². The van der Waals surface area contributed by atoms with E-state index in [1.165, 1.54) is 6.07 Å². The van der Waals surface area contributed by atoms with Crippen molar-refractivity contribution in [3.8, 4) is 11.5 Å². The number of hydrogen-bond acceptors (Lipinski definition) is 1. The fourth-order valence-corrected chi connectivity index (χ4v) is 1.40. The summed E-state index contributed by atoms with van der Waals surface area (Å²) >= 11 is 5.75. The minimum Gasteiger partial charge on any atom is -0.457 e. The summed E-state index contributed by atoms with van der Waals surface area (Å²) in [6.45, 7) is 1.71. The van der Waals surface area contributed by atoms with Crippen LogP contribution in [0.1, 0.15) is 5.56 Å². The van der Waals surface area contributed by atoms with Crippen molar-refractivity contribution in [2.75, 3.05) is 0 Å². The van der Waals surface area contributed by atoms with Gasteiger partial charge in [0.05, 0.1) is 0 Å². The van der Waals surface area contributed by atoms with E-state index in [0.717, 1.165) is 0 Å². The highest BCUT2D eigenvalue weighted by Crippen LogP contribution is 2.24. The lowest BCUT2D eigenvalue weighted by molar-refractivity contribution is 0.476. The second-order valence-electron chi connectivity index (χ2n) is 3.47. The summed E-state index contributed by atoms with van der Waals surface area (Å²) in [5, 5.41) is 0.641. The maximum Gasteiger partial charge on any atom is 0.130 e. The van der Waals surface area contributed by atoms with E-state index in [0.29, 0.717) is 22.1 Å². The van der Waals surface area contributed by atoms with Crippen molar-refractivity contribution in [2.45, 2.75) is 6.92 Å². The van der Waals surface area contributed by atoms with Gasteiger partial charge in [0.15, 0.2) is 0 Å². The first-order chi connectivity index (χ1) is 7.65. The summed E-state index contributed by atoms with van der Waals surface area (Å²) in [7, 11) is 0. The van der Waals surface area contributed by atoms with Gasteiger partial charge in [-0.1, -0.05) is 17.7 Å². The first-order valence-corrected chi connectivity index (χ1v) is 5.22. The van der Waals surface area contributed by atoms with Crippen LogP contribution >= 0.6 is 11.6 Å². The van der Waals surface area contributed by atoms with E-state index in [1.54, 1.807) is 43.3 Å². The fraction of sp³-hybridized carbons (Fsp3) is 0.0769. The molecule has 3 heteroatoms. The molecule has 2 aromatic carbocycles. The number of hydrogen-bond donors (Lipinski definition) is 0. The number of rotatable bonds is 2. The van der Waals surface area contributed by atoms with Gasteiger partial charge in [-0.05, 0) is 42.8 Å². The zero-order valence-electron chi connectivity index (χ0n) is 8.71. The molecular weight excluding hydrogens is 227 g/mol. The lowest BCUT2D eigenvalue weighted by atomic mass is 10.2. The molecule has 0 amide bonds. The molecule has 0 atom stereocenters. The SMILES string of the molecule is Cc1ccc(Oc2ccc(Cl)cc2)cc1F. The maximum absolute atomic E-state index is 13.2. The van der Waals surface area contributed by atoms with Crippen LogP contribution in [0.25, 0.3) is 0 Å². The van der Waals surface area contributed by atoms with E-state index >= 15 is 0 Å². The lowest BCUT2D eigenvalue weighted by Crippen LogP contribution is -1.87. The standard InChI is InChI=1S/C13H10ClFO/c1-9-2-5-12(8-13(9)15)16-11-6-3-10(14)4-7-11/h2-8H,1H3. The largest absolute Gasteiger partial charge is 0.457 e. The van der Waals surface area contributed by atoms with Crippen LogP contribution in [0.15, 0.2) is 42.5 Å². The van der Waals surface area contributed by atoms with Crippen LogP contribution in [-0.2, 0) is 0 Å². The minimum atomic E-state index is -0.272. The quantitative estimate of drug-likeness (QED) is 0.742. The molecule has 0 radical (unpaired) electrons. The Kier molecular flexibility index (Phi) is 3.11. The topological polar surface area (TPSA) is 9.23 Å². The Morgan fingerprint density at radius 3 is 2.25 bits per heavy atom. The molecule has 0 aliphatic carbocycles. The van der Waals surface area contributed by atoms with Crippen molar-refractivity contribution in [2.24, 2.45) is 0 Å². The van der Waals surface area contributed by atoms with Gasteiger partial charge in [-0.25, -0.2) is 4.39 Å². The molecule has 2 rings (SSSR count).